The third-order valence-corrected chi connectivity index (χ3v) is 2.83. The third kappa shape index (κ3) is 3.59. The number of nitrogens with zero attached hydrogens (tertiary/aromatic N) is 1. The SMILES string of the molecule is CCCOc1ncccc1CNC(=O)[C@H]1CNC(=O)N1. The van der Waals surface area contributed by atoms with Crippen molar-refractivity contribution in [1.82, 2.24) is 20.9 Å². The molecule has 20 heavy (non-hydrogen) atoms. The topological polar surface area (TPSA) is 92.3 Å². The van der Waals surface area contributed by atoms with Gasteiger partial charge in [-0.1, -0.05) is 13.0 Å². The van der Waals surface area contributed by atoms with Crippen molar-refractivity contribution in [2.75, 3.05) is 13.2 Å². The second-order valence-corrected chi connectivity index (χ2v) is 4.44. The van der Waals surface area contributed by atoms with E-state index in [0.717, 1.165) is 12.0 Å². The van der Waals surface area contributed by atoms with Gasteiger partial charge in [0.25, 0.3) is 0 Å². The molecule has 0 saturated carbocycles. The van der Waals surface area contributed by atoms with E-state index in [1.807, 2.05) is 13.0 Å². The molecule has 1 saturated heterocycles. The lowest BCUT2D eigenvalue weighted by molar-refractivity contribution is -0.122. The molecule has 0 radical (unpaired) electrons. The molecule has 1 aromatic heterocycles. The molecule has 1 aromatic rings. The van der Waals surface area contributed by atoms with E-state index in [0.29, 0.717) is 25.6 Å². The lowest BCUT2D eigenvalue weighted by Crippen LogP contribution is -2.42. The summed E-state index contributed by atoms with van der Waals surface area (Å²) in [5.41, 5.74) is 0.812. The van der Waals surface area contributed by atoms with E-state index < -0.39 is 6.04 Å². The highest BCUT2D eigenvalue weighted by atomic mass is 16.5. The number of nitrogens with one attached hydrogen (secondary N) is 3. The first-order valence-corrected chi connectivity index (χ1v) is 6.59. The summed E-state index contributed by atoms with van der Waals surface area (Å²) in [4.78, 5) is 27.0. The molecule has 2 heterocycles. The number of carbonyl (C=O) groups excluding carboxylic acids is 2. The Balaban J connectivity index is 1.90. The summed E-state index contributed by atoms with van der Waals surface area (Å²) in [5.74, 6) is 0.303. The van der Waals surface area contributed by atoms with Crippen molar-refractivity contribution < 1.29 is 14.3 Å². The Morgan fingerprint density at radius 3 is 3.15 bits per heavy atom. The first kappa shape index (κ1) is 14.1. The molecule has 3 N–H and O–H groups in total. The van der Waals surface area contributed by atoms with Gasteiger partial charge < -0.3 is 20.7 Å². The van der Waals surface area contributed by atoms with Gasteiger partial charge in [-0.3, -0.25) is 4.79 Å². The largest absolute Gasteiger partial charge is 0.477 e. The predicted octanol–water partition coefficient (Wildman–Crippen LogP) is 0.168. The highest BCUT2D eigenvalue weighted by molar-refractivity contribution is 5.90. The Morgan fingerprint density at radius 1 is 1.60 bits per heavy atom. The van der Waals surface area contributed by atoms with E-state index in [-0.39, 0.29) is 11.9 Å². The van der Waals surface area contributed by atoms with Gasteiger partial charge in [0.1, 0.15) is 6.04 Å². The van der Waals surface area contributed by atoms with Gasteiger partial charge in [-0.25, -0.2) is 9.78 Å². The van der Waals surface area contributed by atoms with Crippen LogP contribution in [0.2, 0.25) is 0 Å². The zero-order valence-corrected chi connectivity index (χ0v) is 11.3. The summed E-state index contributed by atoms with van der Waals surface area (Å²) in [7, 11) is 0. The van der Waals surface area contributed by atoms with Gasteiger partial charge in [-0.05, 0) is 12.5 Å². The standard InChI is InChI=1S/C13H18N4O3/c1-2-6-20-12-9(4-3-5-14-12)7-15-11(18)10-8-16-13(19)17-10/h3-5,10H,2,6-8H2,1H3,(H,15,18)(H2,16,17,19)/t10-/m1/s1. The monoisotopic (exact) mass is 278 g/mol. The first-order chi connectivity index (χ1) is 9.70. The Kier molecular flexibility index (Phi) is 4.75. The fourth-order valence-corrected chi connectivity index (χ4v) is 1.81. The van der Waals surface area contributed by atoms with E-state index >= 15 is 0 Å². The van der Waals surface area contributed by atoms with Gasteiger partial charge in [-0.2, -0.15) is 0 Å². The average molecular weight is 278 g/mol. The van der Waals surface area contributed by atoms with Gasteiger partial charge in [-0.15, -0.1) is 0 Å². The molecule has 0 bridgehead atoms. The molecule has 0 aromatic carbocycles. The Hall–Kier alpha value is -2.31. The molecule has 3 amide bonds. The summed E-state index contributed by atoms with van der Waals surface area (Å²) in [6, 6.07) is 2.79. The minimum Gasteiger partial charge on any atom is -0.477 e. The molecule has 1 fully saturated rings. The third-order valence-electron chi connectivity index (χ3n) is 2.83. The average Bonchev–Trinajstić information content (AvgIpc) is 2.90. The summed E-state index contributed by atoms with van der Waals surface area (Å²) >= 11 is 0. The number of pyridine rings is 1. The normalized spacial score (nSPS) is 17.2. The van der Waals surface area contributed by atoms with Crippen LogP contribution >= 0.6 is 0 Å². The number of carbonyl (C=O) groups is 2. The highest BCUT2D eigenvalue weighted by Crippen LogP contribution is 2.14. The van der Waals surface area contributed by atoms with Crippen LogP contribution in [-0.2, 0) is 11.3 Å². The molecule has 1 aliphatic heterocycles. The number of rotatable bonds is 6. The van der Waals surface area contributed by atoms with E-state index in [1.54, 1.807) is 12.3 Å². The number of amides is 3. The van der Waals surface area contributed by atoms with E-state index in [9.17, 15) is 9.59 Å². The molecular weight excluding hydrogens is 260 g/mol. The molecule has 2 rings (SSSR count). The zero-order valence-electron chi connectivity index (χ0n) is 11.3. The van der Waals surface area contributed by atoms with E-state index in [1.165, 1.54) is 0 Å². The highest BCUT2D eigenvalue weighted by Gasteiger charge is 2.26. The summed E-state index contributed by atoms with van der Waals surface area (Å²) in [6.45, 7) is 3.22. The quantitative estimate of drug-likeness (QED) is 0.691. The number of ether oxygens (including phenoxy) is 1. The maximum absolute atomic E-state index is 11.9. The smallest absolute Gasteiger partial charge is 0.315 e. The maximum Gasteiger partial charge on any atom is 0.315 e. The molecule has 7 heteroatoms. The second-order valence-electron chi connectivity index (χ2n) is 4.44. The fraction of sp³-hybridized carbons (Fsp3) is 0.462. The number of hydrogen-bond donors (Lipinski definition) is 3. The fourth-order valence-electron chi connectivity index (χ4n) is 1.81. The van der Waals surface area contributed by atoms with E-state index in [2.05, 4.69) is 20.9 Å². The van der Waals surface area contributed by atoms with Gasteiger partial charge in [0.05, 0.1) is 6.61 Å². The Morgan fingerprint density at radius 2 is 2.45 bits per heavy atom. The number of urea groups is 1. The summed E-state index contributed by atoms with van der Waals surface area (Å²) in [6.07, 6.45) is 2.54. The van der Waals surface area contributed by atoms with Crippen molar-refractivity contribution in [3.05, 3.63) is 23.9 Å². The van der Waals surface area contributed by atoms with Crippen molar-refractivity contribution in [1.29, 1.82) is 0 Å². The molecule has 7 nitrogen and oxygen atoms in total. The Labute approximate surface area is 117 Å². The molecule has 1 aliphatic rings. The van der Waals surface area contributed by atoms with Gasteiger partial charge in [0, 0.05) is 24.8 Å². The van der Waals surface area contributed by atoms with Gasteiger partial charge >= 0.3 is 6.03 Å². The summed E-state index contributed by atoms with van der Waals surface area (Å²) < 4.78 is 5.52. The van der Waals surface area contributed by atoms with Crippen LogP contribution in [0.4, 0.5) is 4.79 Å². The minimum absolute atomic E-state index is 0.228. The Bertz CT molecular complexity index is 492. The van der Waals surface area contributed by atoms with Crippen molar-refractivity contribution >= 4 is 11.9 Å². The molecule has 0 unspecified atom stereocenters. The van der Waals surface area contributed by atoms with Crippen LogP contribution in [0, 0.1) is 0 Å². The lowest BCUT2D eigenvalue weighted by Gasteiger charge is -2.12. The van der Waals surface area contributed by atoms with Crippen LogP contribution in [0.15, 0.2) is 18.3 Å². The molecule has 0 aliphatic carbocycles. The summed E-state index contributed by atoms with van der Waals surface area (Å²) in [5, 5.41) is 7.83. The number of hydrogen-bond acceptors (Lipinski definition) is 4. The minimum atomic E-state index is -0.529. The molecule has 108 valence electrons. The molecular formula is C13H18N4O3. The lowest BCUT2D eigenvalue weighted by atomic mass is 10.2. The van der Waals surface area contributed by atoms with Crippen molar-refractivity contribution in [2.24, 2.45) is 0 Å². The van der Waals surface area contributed by atoms with Crippen LogP contribution in [0.25, 0.3) is 0 Å². The van der Waals surface area contributed by atoms with Crippen molar-refractivity contribution in [3.8, 4) is 5.88 Å². The molecule has 0 spiro atoms. The number of aromatic nitrogens is 1. The first-order valence-electron chi connectivity index (χ1n) is 6.59. The van der Waals surface area contributed by atoms with E-state index in [4.69, 9.17) is 4.74 Å². The predicted molar refractivity (Wildman–Crippen MR) is 72.2 cm³/mol. The van der Waals surface area contributed by atoms with Crippen molar-refractivity contribution in [3.63, 3.8) is 0 Å². The maximum atomic E-state index is 11.9. The van der Waals surface area contributed by atoms with Crippen LogP contribution in [-0.4, -0.2) is 36.1 Å². The van der Waals surface area contributed by atoms with Crippen LogP contribution in [0.3, 0.4) is 0 Å². The van der Waals surface area contributed by atoms with Gasteiger partial charge in [0.15, 0.2) is 0 Å². The molecule has 1 atom stereocenters. The van der Waals surface area contributed by atoms with Gasteiger partial charge in [0.2, 0.25) is 11.8 Å². The van der Waals surface area contributed by atoms with Crippen molar-refractivity contribution in [2.45, 2.75) is 25.9 Å². The van der Waals surface area contributed by atoms with Crippen LogP contribution in [0.5, 0.6) is 5.88 Å². The zero-order chi connectivity index (χ0) is 14.4. The van der Waals surface area contributed by atoms with Crippen LogP contribution in [0.1, 0.15) is 18.9 Å². The van der Waals surface area contributed by atoms with Crippen LogP contribution < -0.4 is 20.7 Å². The second kappa shape index (κ2) is 6.74.